The lowest BCUT2D eigenvalue weighted by molar-refractivity contribution is 1.03. The molecule has 0 atom stereocenters. The van der Waals surface area contributed by atoms with E-state index >= 15 is 0 Å². The van der Waals surface area contributed by atoms with Crippen LogP contribution in [0, 0.1) is 0 Å². The van der Waals surface area contributed by atoms with Gasteiger partial charge in [-0.2, -0.15) is 5.10 Å². The van der Waals surface area contributed by atoms with Crippen LogP contribution in [0.25, 0.3) is 0 Å². The molecule has 0 spiro atoms. The molecule has 4 nitrogen and oxygen atoms in total. The van der Waals surface area contributed by atoms with Crippen LogP contribution >= 0.6 is 23.8 Å². The van der Waals surface area contributed by atoms with Crippen LogP contribution in [-0.4, -0.2) is 15.8 Å². The third kappa shape index (κ3) is 4.29. The second-order valence-electron chi connectivity index (χ2n) is 3.99. The monoisotopic (exact) mass is 304 g/mol. The van der Waals surface area contributed by atoms with E-state index in [-0.39, 0.29) is 0 Å². The van der Waals surface area contributed by atoms with Gasteiger partial charge in [0.2, 0.25) is 0 Å². The zero-order chi connectivity index (χ0) is 14.4. The molecule has 0 saturated heterocycles. The van der Waals surface area contributed by atoms with Gasteiger partial charge in [0.15, 0.2) is 5.11 Å². The van der Waals surface area contributed by atoms with Gasteiger partial charge in [0.05, 0.1) is 11.4 Å². The van der Waals surface area contributed by atoms with Crippen molar-refractivity contribution in [3.8, 4) is 0 Å². The zero-order valence-corrected chi connectivity index (χ0v) is 12.4. The van der Waals surface area contributed by atoms with Crippen LogP contribution in [-0.2, 0) is 0 Å². The van der Waals surface area contributed by atoms with E-state index in [1.807, 2.05) is 37.3 Å². The molecule has 2 rings (SSSR count). The first kappa shape index (κ1) is 14.4. The van der Waals surface area contributed by atoms with Crippen LogP contribution in [0.5, 0.6) is 0 Å². The molecular formula is C14H13ClN4S. The van der Waals surface area contributed by atoms with Crippen molar-refractivity contribution in [2.45, 2.75) is 6.92 Å². The van der Waals surface area contributed by atoms with E-state index in [9.17, 15) is 0 Å². The average molecular weight is 305 g/mol. The Morgan fingerprint density at radius 2 is 2.10 bits per heavy atom. The Labute approximate surface area is 127 Å². The van der Waals surface area contributed by atoms with Gasteiger partial charge in [0, 0.05) is 16.9 Å². The number of thiocarbonyl (C=S) groups is 1. The lowest BCUT2D eigenvalue weighted by Gasteiger charge is -2.08. The second kappa shape index (κ2) is 6.98. The Morgan fingerprint density at radius 1 is 1.25 bits per heavy atom. The summed E-state index contributed by atoms with van der Waals surface area (Å²) in [5.41, 5.74) is 5.13. The zero-order valence-electron chi connectivity index (χ0n) is 10.8. The molecule has 0 bridgehead atoms. The van der Waals surface area contributed by atoms with Gasteiger partial charge in [0.1, 0.15) is 0 Å². The standard InChI is InChI=1S/C14H13ClN4S/c1-10(13-7-2-3-8-16-13)18-19-14(20)17-12-6-4-5-11(15)9-12/h2-9H,1H3,(H2,17,19,20)/b18-10+. The van der Waals surface area contributed by atoms with Gasteiger partial charge in [0.25, 0.3) is 0 Å². The molecule has 102 valence electrons. The van der Waals surface area contributed by atoms with E-state index in [1.54, 1.807) is 18.3 Å². The molecule has 1 aromatic carbocycles. The Bertz CT molecular complexity index is 628. The van der Waals surface area contributed by atoms with E-state index in [2.05, 4.69) is 20.8 Å². The number of halogens is 1. The third-order valence-electron chi connectivity index (χ3n) is 2.44. The van der Waals surface area contributed by atoms with E-state index < -0.39 is 0 Å². The maximum absolute atomic E-state index is 5.90. The van der Waals surface area contributed by atoms with Crippen molar-refractivity contribution in [3.63, 3.8) is 0 Å². The van der Waals surface area contributed by atoms with E-state index in [0.29, 0.717) is 10.1 Å². The SMILES string of the molecule is C/C(=N\NC(=S)Nc1cccc(Cl)c1)c1ccccn1. The van der Waals surface area contributed by atoms with Gasteiger partial charge in [-0.3, -0.25) is 10.4 Å². The minimum absolute atomic E-state index is 0.391. The Hall–Kier alpha value is -1.98. The number of anilines is 1. The molecule has 0 saturated carbocycles. The third-order valence-corrected chi connectivity index (χ3v) is 2.87. The van der Waals surface area contributed by atoms with E-state index in [0.717, 1.165) is 17.1 Å². The lowest BCUT2D eigenvalue weighted by Crippen LogP contribution is -2.25. The summed E-state index contributed by atoms with van der Waals surface area (Å²) < 4.78 is 0. The summed E-state index contributed by atoms with van der Waals surface area (Å²) in [7, 11) is 0. The number of hydrazone groups is 1. The van der Waals surface area contributed by atoms with Crippen molar-refractivity contribution in [1.29, 1.82) is 0 Å². The smallest absolute Gasteiger partial charge is 0.191 e. The molecule has 0 unspecified atom stereocenters. The largest absolute Gasteiger partial charge is 0.331 e. The van der Waals surface area contributed by atoms with Gasteiger partial charge >= 0.3 is 0 Å². The molecule has 0 aliphatic carbocycles. The summed E-state index contributed by atoms with van der Waals surface area (Å²) in [6.07, 6.45) is 1.72. The molecule has 0 amide bonds. The summed E-state index contributed by atoms with van der Waals surface area (Å²) in [5.74, 6) is 0. The number of hydrogen-bond acceptors (Lipinski definition) is 3. The highest BCUT2D eigenvalue weighted by Crippen LogP contribution is 2.14. The first-order valence-electron chi connectivity index (χ1n) is 5.93. The average Bonchev–Trinajstić information content (AvgIpc) is 2.46. The number of hydrogen-bond donors (Lipinski definition) is 2. The maximum Gasteiger partial charge on any atom is 0.191 e. The van der Waals surface area contributed by atoms with Crippen molar-refractivity contribution < 1.29 is 0 Å². The molecule has 2 aromatic rings. The second-order valence-corrected chi connectivity index (χ2v) is 4.83. The summed E-state index contributed by atoms with van der Waals surface area (Å²) in [6.45, 7) is 1.86. The molecule has 0 radical (unpaired) electrons. The fourth-order valence-corrected chi connectivity index (χ4v) is 1.85. The van der Waals surface area contributed by atoms with Gasteiger partial charge in [-0.05, 0) is 49.5 Å². The Balaban J connectivity index is 1.95. The van der Waals surface area contributed by atoms with Crippen LogP contribution in [0.3, 0.4) is 0 Å². The Kier molecular flexibility index (Phi) is 5.03. The van der Waals surface area contributed by atoms with Gasteiger partial charge < -0.3 is 5.32 Å². The summed E-state index contributed by atoms with van der Waals surface area (Å²) >= 11 is 11.1. The lowest BCUT2D eigenvalue weighted by atomic mass is 10.3. The van der Waals surface area contributed by atoms with Crippen molar-refractivity contribution in [1.82, 2.24) is 10.4 Å². The van der Waals surface area contributed by atoms with Crippen molar-refractivity contribution in [2.24, 2.45) is 5.10 Å². The maximum atomic E-state index is 5.90. The first-order valence-corrected chi connectivity index (χ1v) is 6.72. The number of pyridine rings is 1. The highest BCUT2D eigenvalue weighted by atomic mass is 35.5. The van der Waals surface area contributed by atoms with Gasteiger partial charge in [-0.15, -0.1) is 0 Å². The fourth-order valence-electron chi connectivity index (χ4n) is 1.49. The molecule has 1 heterocycles. The molecule has 0 aliphatic heterocycles. The minimum atomic E-state index is 0.391. The molecular weight excluding hydrogens is 292 g/mol. The number of benzene rings is 1. The number of rotatable bonds is 3. The molecule has 2 N–H and O–H groups in total. The van der Waals surface area contributed by atoms with Crippen LogP contribution in [0.15, 0.2) is 53.8 Å². The van der Waals surface area contributed by atoms with Crippen LogP contribution < -0.4 is 10.7 Å². The van der Waals surface area contributed by atoms with Crippen molar-refractivity contribution in [3.05, 3.63) is 59.4 Å². The van der Waals surface area contributed by atoms with Gasteiger partial charge in [-0.25, -0.2) is 0 Å². The highest BCUT2D eigenvalue weighted by molar-refractivity contribution is 7.80. The molecule has 0 aliphatic rings. The van der Waals surface area contributed by atoms with Crippen molar-refractivity contribution in [2.75, 3.05) is 5.32 Å². The normalized spacial score (nSPS) is 11.0. The predicted molar refractivity (Wildman–Crippen MR) is 87.3 cm³/mol. The van der Waals surface area contributed by atoms with Crippen LogP contribution in [0.2, 0.25) is 5.02 Å². The van der Waals surface area contributed by atoms with E-state index in [4.69, 9.17) is 23.8 Å². The minimum Gasteiger partial charge on any atom is -0.331 e. The highest BCUT2D eigenvalue weighted by Gasteiger charge is 2.00. The molecule has 0 fully saturated rings. The number of nitrogens with zero attached hydrogens (tertiary/aromatic N) is 2. The van der Waals surface area contributed by atoms with Crippen LogP contribution in [0.1, 0.15) is 12.6 Å². The fraction of sp³-hybridized carbons (Fsp3) is 0.0714. The predicted octanol–water partition coefficient (Wildman–Crippen LogP) is 3.45. The first-order chi connectivity index (χ1) is 9.65. The quantitative estimate of drug-likeness (QED) is 0.518. The summed E-state index contributed by atoms with van der Waals surface area (Å²) in [4.78, 5) is 4.20. The van der Waals surface area contributed by atoms with Gasteiger partial charge in [-0.1, -0.05) is 23.7 Å². The summed E-state index contributed by atoms with van der Waals surface area (Å²) in [6, 6.07) is 12.9. The molecule has 6 heteroatoms. The number of nitrogens with one attached hydrogen (secondary N) is 2. The molecule has 1 aromatic heterocycles. The van der Waals surface area contributed by atoms with Crippen molar-refractivity contribution >= 4 is 40.3 Å². The molecule has 20 heavy (non-hydrogen) atoms. The Morgan fingerprint density at radius 3 is 2.80 bits per heavy atom. The van der Waals surface area contributed by atoms with Crippen LogP contribution in [0.4, 0.5) is 5.69 Å². The topological polar surface area (TPSA) is 49.3 Å². The number of aromatic nitrogens is 1. The van der Waals surface area contributed by atoms with E-state index in [1.165, 1.54) is 0 Å². The summed E-state index contributed by atoms with van der Waals surface area (Å²) in [5, 5.41) is 8.21.